The Kier molecular flexibility index (Phi) is 8.79. The van der Waals surface area contributed by atoms with Crippen molar-refractivity contribution in [1.82, 2.24) is 4.90 Å². The average molecular weight is 307 g/mol. The van der Waals surface area contributed by atoms with Crippen molar-refractivity contribution in [2.24, 2.45) is 5.92 Å². The van der Waals surface area contributed by atoms with Gasteiger partial charge < -0.3 is 4.90 Å². The zero-order chi connectivity index (χ0) is 16.4. The van der Waals surface area contributed by atoms with Crippen LogP contribution in [0.1, 0.15) is 69.7 Å². The molecule has 124 valence electrons. The number of benzene rings is 1. The van der Waals surface area contributed by atoms with Crippen LogP contribution in [0.25, 0.3) is 0 Å². The third-order valence-electron chi connectivity index (χ3n) is 4.16. The highest BCUT2D eigenvalue weighted by Crippen LogP contribution is 2.17. The summed E-state index contributed by atoms with van der Waals surface area (Å²) in [5.74, 6) is 0.150. The lowest BCUT2D eigenvalue weighted by molar-refractivity contribution is 0.0719. The Bertz CT molecular complexity index is 447. The van der Waals surface area contributed by atoms with E-state index in [4.69, 9.17) is 0 Å². The van der Waals surface area contributed by atoms with Gasteiger partial charge in [0, 0.05) is 18.7 Å². The van der Waals surface area contributed by atoms with Gasteiger partial charge in [0.1, 0.15) is 5.82 Å². The van der Waals surface area contributed by atoms with E-state index in [1.54, 1.807) is 12.1 Å². The van der Waals surface area contributed by atoms with Crippen LogP contribution in [0.5, 0.6) is 0 Å². The van der Waals surface area contributed by atoms with E-state index >= 15 is 0 Å². The molecule has 0 aliphatic heterocycles. The molecule has 0 spiro atoms. The molecule has 1 aromatic carbocycles. The normalized spacial score (nSPS) is 12.2. The first-order chi connectivity index (χ1) is 10.6. The molecule has 2 nitrogen and oxygen atoms in total. The van der Waals surface area contributed by atoms with Crippen LogP contribution in [0.3, 0.4) is 0 Å². The number of halogens is 1. The molecule has 1 unspecified atom stereocenters. The molecule has 0 radical (unpaired) electrons. The molecule has 1 amide bonds. The van der Waals surface area contributed by atoms with Gasteiger partial charge in [-0.15, -0.1) is 0 Å². The van der Waals surface area contributed by atoms with Crippen LogP contribution in [-0.4, -0.2) is 23.9 Å². The molecule has 0 saturated heterocycles. The lowest BCUT2D eigenvalue weighted by Gasteiger charge is -2.27. The van der Waals surface area contributed by atoms with Gasteiger partial charge in [-0.2, -0.15) is 0 Å². The Labute approximate surface area is 134 Å². The molecule has 0 bridgehead atoms. The van der Waals surface area contributed by atoms with Gasteiger partial charge >= 0.3 is 0 Å². The van der Waals surface area contributed by atoms with Crippen molar-refractivity contribution in [1.29, 1.82) is 0 Å². The van der Waals surface area contributed by atoms with Gasteiger partial charge in [-0.1, -0.05) is 52.5 Å². The molecule has 0 saturated carbocycles. The van der Waals surface area contributed by atoms with E-state index in [0.29, 0.717) is 11.5 Å². The van der Waals surface area contributed by atoms with Gasteiger partial charge in [0.25, 0.3) is 5.91 Å². The fraction of sp³-hybridized carbons (Fsp3) is 0.632. The summed E-state index contributed by atoms with van der Waals surface area (Å²) in [6.07, 6.45) is 6.67. The maximum absolute atomic E-state index is 13.4. The van der Waals surface area contributed by atoms with E-state index < -0.39 is 0 Å². The van der Waals surface area contributed by atoms with Gasteiger partial charge in [-0.05, 0) is 37.0 Å². The van der Waals surface area contributed by atoms with Crippen molar-refractivity contribution < 1.29 is 9.18 Å². The zero-order valence-electron chi connectivity index (χ0n) is 14.3. The first-order valence-corrected chi connectivity index (χ1v) is 8.67. The number of hydrogen-bond donors (Lipinski definition) is 0. The third-order valence-corrected chi connectivity index (χ3v) is 4.16. The smallest absolute Gasteiger partial charge is 0.253 e. The third kappa shape index (κ3) is 6.17. The van der Waals surface area contributed by atoms with Crippen molar-refractivity contribution >= 4 is 5.91 Å². The Hall–Kier alpha value is -1.38. The summed E-state index contributed by atoms with van der Waals surface area (Å²) in [5.41, 5.74) is 0.460. The van der Waals surface area contributed by atoms with Crippen molar-refractivity contribution in [2.75, 3.05) is 13.1 Å². The maximum Gasteiger partial charge on any atom is 0.253 e. The highest BCUT2D eigenvalue weighted by Gasteiger charge is 2.19. The highest BCUT2D eigenvalue weighted by atomic mass is 19.1. The first-order valence-electron chi connectivity index (χ1n) is 8.67. The molecule has 0 heterocycles. The summed E-state index contributed by atoms with van der Waals surface area (Å²) in [6, 6.07) is 6.03. The largest absolute Gasteiger partial charge is 0.338 e. The second-order valence-corrected chi connectivity index (χ2v) is 6.03. The Morgan fingerprint density at radius 1 is 1.18 bits per heavy atom. The van der Waals surface area contributed by atoms with Crippen molar-refractivity contribution in [3.63, 3.8) is 0 Å². The van der Waals surface area contributed by atoms with Crippen LogP contribution in [-0.2, 0) is 0 Å². The van der Waals surface area contributed by atoms with Crippen LogP contribution in [0, 0.1) is 11.7 Å². The van der Waals surface area contributed by atoms with Crippen molar-refractivity contribution in [3.8, 4) is 0 Å². The second-order valence-electron chi connectivity index (χ2n) is 6.03. The number of rotatable bonds is 10. The van der Waals surface area contributed by atoms with E-state index in [-0.39, 0.29) is 11.7 Å². The Morgan fingerprint density at radius 2 is 1.91 bits per heavy atom. The Morgan fingerprint density at radius 3 is 2.50 bits per heavy atom. The molecule has 0 aromatic heterocycles. The topological polar surface area (TPSA) is 20.3 Å². The summed E-state index contributed by atoms with van der Waals surface area (Å²) in [4.78, 5) is 14.6. The predicted molar refractivity (Wildman–Crippen MR) is 90.5 cm³/mol. The van der Waals surface area contributed by atoms with Crippen LogP contribution >= 0.6 is 0 Å². The summed E-state index contributed by atoms with van der Waals surface area (Å²) >= 11 is 0. The second kappa shape index (κ2) is 10.4. The van der Waals surface area contributed by atoms with Gasteiger partial charge in [-0.25, -0.2) is 4.39 Å². The molecule has 0 aliphatic carbocycles. The monoisotopic (exact) mass is 307 g/mol. The number of unbranched alkanes of at least 4 members (excludes halogenated alkanes) is 2. The molecule has 0 fully saturated rings. The van der Waals surface area contributed by atoms with Crippen molar-refractivity contribution in [3.05, 3.63) is 35.6 Å². The van der Waals surface area contributed by atoms with Crippen molar-refractivity contribution in [2.45, 2.75) is 59.3 Å². The summed E-state index contributed by atoms with van der Waals surface area (Å²) < 4.78 is 13.4. The lowest BCUT2D eigenvalue weighted by atomic mass is 9.98. The first kappa shape index (κ1) is 18.7. The van der Waals surface area contributed by atoms with Crippen LogP contribution in [0.2, 0.25) is 0 Å². The number of nitrogens with zero attached hydrogens (tertiary/aromatic N) is 1. The quantitative estimate of drug-likeness (QED) is 0.575. The van der Waals surface area contributed by atoms with E-state index in [1.807, 2.05) is 4.90 Å². The fourth-order valence-electron chi connectivity index (χ4n) is 2.66. The minimum Gasteiger partial charge on any atom is -0.338 e. The standard InChI is InChI=1S/C19H30FNO/c1-4-7-10-16(6-3)15-21(13-8-5-2)19(22)17-11-9-12-18(20)14-17/h9,11-12,14,16H,4-8,10,13,15H2,1-3H3. The Balaban J connectivity index is 2.79. The van der Waals surface area contributed by atoms with Crippen LogP contribution < -0.4 is 0 Å². The van der Waals surface area contributed by atoms with Crippen LogP contribution in [0.4, 0.5) is 4.39 Å². The summed E-state index contributed by atoms with van der Waals surface area (Å²) in [5, 5.41) is 0. The molecule has 22 heavy (non-hydrogen) atoms. The van der Waals surface area contributed by atoms with Gasteiger partial charge in [0.15, 0.2) is 0 Å². The highest BCUT2D eigenvalue weighted by molar-refractivity contribution is 5.94. The van der Waals surface area contributed by atoms with Gasteiger partial charge in [-0.3, -0.25) is 4.79 Å². The van der Waals surface area contributed by atoms with Gasteiger partial charge in [0.2, 0.25) is 0 Å². The molecular formula is C19H30FNO. The molecule has 1 atom stereocenters. The zero-order valence-corrected chi connectivity index (χ0v) is 14.3. The van der Waals surface area contributed by atoms with E-state index in [9.17, 15) is 9.18 Å². The number of hydrogen-bond acceptors (Lipinski definition) is 1. The van der Waals surface area contributed by atoms with Gasteiger partial charge in [0.05, 0.1) is 0 Å². The molecule has 0 N–H and O–H groups in total. The minimum absolute atomic E-state index is 0.0390. The number of carbonyl (C=O) groups excluding carboxylic acids is 1. The minimum atomic E-state index is -0.348. The average Bonchev–Trinajstić information content (AvgIpc) is 2.53. The summed E-state index contributed by atoms with van der Waals surface area (Å²) in [7, 11) is 0. The van der Waals surface area contributed by atoms with E-state index in [2.05, 4.69) is 20.8 Å². The van der Waals surface area contributed by atoms with Crippen LogP contribution in [0.15, 0.2) is 24.3 Å². The lowest BCUT2D eigenvalue weighted by Crippen LogP contribution is -2.36. The van der Waals surface area contributed by atoms with E-state index in [1.165, 1.54) is 25.0 Å². The maximum atomic E-state index is 13.4. The molecule has 0 aliphatic rings. The fourth-order valence-corrected chi connectivity index (χ4v) is 2.66. The SMILES string of the molecule is CCCCC(CC)CN(CCCC)C(=O)c1cccc(F)c1. The predicted octanol–water partition coefficient (Wildman–Crippen LogP) is 5.28. The molecular weight excluding hydrogens is 277 g/mol. The number of amides is 1. The molecule has 1 rings (SSSR count). The van der Waals surface area contributed by atoms with E-state index in [0.717, 1.165) is 38.8 Å². The molecule has 3 heteroatoms. The summed E-state index contributed by atoms with van der Waals surface area (Å²) in [6.45, 7) is 8.05. The molecule has 1 aromatic rings. The number of carbonyl (C=O) groups is 1.